The fourth-order valence-electron chi connectivity index (χ4n) is 10.4. The Labute approximate surface area is 346 Å². The van der Waals surface area contributed by atoms with Crippen LogP contribution in [-0.4, -0.2) is 0 Å². The van der Waals surface area contributed by atoms with Gasteiger partial charge in [0.2, 0.25) is 0 Å². The Hall–Kier alpha value is -6.20. The van der Waals surface area contributed by atoms with Gasteiger partial charge in [-0.05, 0) is 84.5 Å². The smallest absolute Gasteiger partial charge is 0.0640 e. The number of hydrogen-bond acceptors (Lipinski definition) is 4. The normalized spacial score (nSPS) is 20.4. The van der Waals surface area contributed by atoms with Crippen LogP contribution in [0.3, 0.4) is 0 Å². The molecule has 9 aromatic rings. The van der Waals surface area contributed by atoms with E-state index in [1.807, 2.05) is 22.7 Å². The van der Waals surface area contributed by atoms with Crippen molar-refractivity contribution < 1.29 is 0 Å². The molecule has 12 rings (SSSR count). The number of benzene rings is 7. The van der Waals surface area contributed by atoms with Gasteiger partial charge >= 0.3 is 0 Å². The van der Waals surface area contributed by atoms with Crippen LogP contribution in [0.5, 0.6) is 0 Å². The number of nitrogens with zero attached hydrogens (tertiary/aromatic N) is 2. The van der Waals surface area contributed by atoms with Gasteiger partial charge in [0.05, 0.1) is 26.5 Å². The third-order valence-electron chi connectivity index (χ3n) is 13.1. The molecule has 2 nitrogen and oxygen atoms in total. The van der Waals surface area contributed by atoms with Crippen molar-refractivity contribution in [1.29, 1.82) is 0 Å². The lowest BCUT2D eigenvalue weighted by Gasteiger charge is -2.53. The highest BCUT2D eigenvalue weighted by Crippen LogP contribution is 2.63. The van der Waals surface area contributed by atoms with Crippen molar-refractivity contribution in [2.45, 2.75) is 19.8 Å². The van der Waals surface area contributed by atoms with Crippen LogP contribution in [-0.2, 0) is 0 Å². The number of thiophene rings is 2. The first-order valence-electron chi connectivity index (χ1n) is 20.3. The molecule has 7 aromatic carbocycles. The highest BCUT2D eigenvalue weighted by atomic mass is 32.1. The van der Waals surface area contributed by atoms with Crippen LogP contribution in [0, 0.1) is 17.3 Å². The summed E-state index contributed by atoms with van der Waals surface area (Å²) >= 11 is 3.80. The maximum Gasteiger partial charge on any atom is 0.0640 e. The van der Waals surface area contributed by atoms with Gasteiger partial charge in [0, 0.05) is 64.9 Å². The standard InChI is InChI=1S/C54H40N2S2/c1-34-33-49(56(37-17-7-4-8-18-37)46-24-14-22-42-40-20-10-12-26-48(40)58-53(42)46)54(2)32-31-35-27-30-44(43-29-28-38(34)51(54)50(35)43)55(36-15-5-3-6-16-36)45-23-13-21-41-39-19-9-11-25-47(39)57-52(41)45/h3-34,38,51H,1-2H3. The average Bonchev–Trinajstić information content (AvgIpc) is 3.85. The molecule has 278 valence electrons. The van der Waals surface area contributed by atoms with Gasteiger partial charge in [0.15, 0.2) is 0 Å². The molecule has 0 radical (unpaired) electrons. The number of anilines is 5. The largest absolute Gasteiger partial charge is 0.312 e. The Morgan fingerprint density at radius 1 is 0.517 bits per heavy atom. The average molecular weight is 781 g/mol. The minimum Gasteiger partial charge on any atom is -0.312 e. The third kappa shape index (κ3) is 4.89. The first kappa shape index (κ1) is 33.9. The fraction of sp³-hybridized carbons (Fsp3) is 0.111. The molecule has 58 heavy (non-hydrogen) atoms. The van der Waals surface area contributed by atoms with Gasteiger partial charge in [-0.3, -0.25) is 0 Å². The first-order valence-corrected chi connectivity index (χ1v) is 22.0. The van der Waals surface area contributed by atoms with E-state index in [9.17, 15) is 0 Å². The van der Waals surface area contributed by atoms with Gasteiger partial charge in [-0.1, -0.05) is 140 Å². The maximum absolute atomic E-state index is 2.60. The van der Waals surface area contributed by atoms with E-state index in [0.29, 0.717) is 11.8 Å². The third-order valence-corrected chi connectivity index (χ3v) is 15.5. The van der Waals surface area contributed by atoms with E-state index in [1.54, 1.807) is 0 Å². The van der Waals surface area contributed by atoms with Crippen LogP contribution in [0.25, 0.3) is 52.5 Å². The van der Waals surface area contributed by atoms with Gasteiger partial charge in [-0.15, -0.1) is 22.7 Å². The Bertz CT molecular complexity index is 3190. The topological polar surface area (TPSA) is 6.48 Å². The maximum atomic E-state index is 2.60. The van der Waals surface area contributed by atoms with Crippen molar-refractivity contribution in [2.75, 3.05) is 9.80 Å². The van der Waals surface area contributed by atoms with E-state index in [0.717, 1.165) is 5.69 Å². The van der Waals surface area contributed by atoms with E-state index in [2.05, 4.69) is 212 Å². The second-order valence-corrected chi connectivity index (χ2v) is 18.4. The molecule has 0 N–H and O–H groups in total. The Kier molecular flexibility index (Phi) is 7.54. The Morgan fingerprint density at radius 3 is 1.71 bits per heavy atom. The number of hydrogen-bond donors (Lipinski definition) is 0. The monoisotopic (exact) mass is 780 g/mol. The molecule has 2 heterocycles. The quantitative estimate of drug-likeness (QED) is 0.166. The SMILES string of the molecule is CC1C=C(N(c2ccccc2)c2cccc3c2sc2ccccc23)C2(C)C=Cc3ccc(N(c4ccccc4)c4cccc5c4sc4ccccc45)c4c3C2C1C=C4. The highest BCUT2D eigenvalue weighted by Gasteiger charge is 2.51. The van der Waals surface area contributed by atoms with Gasteiger partial charge in [-0.25, -0.2) is 0 Å². The molecule has 0 fully saturated rings. The highest BCUT2D eigenvalue weighted by molar-refractivity contribution is 7.26. The summed E-state index contributed by atoms with van der Waals surface area (Å²) in [5.74, 6) is 0.924. The Morgan fingerprint density at radius 2 is 1.07 bits per heavy atom. The van der Waals surface area contributed by atoms with Crippen molar-refractivity contribution >= 4 is 104 Å². The van der Waals surface area contributed by atoms with E-state index in [-0.39, 0.29) is 11.3 Å². The van der Waals surface area contributed by atoms with Crippen LogP contribution in [0.4, 0.5) is 28.4 Å². The van der Waals surface area contributed by atoms with Crippen LogP contribution in [0.2, 0.25) is 0 Å². The number of fused-ring (bicyclic) bond motifs is 6. The lowest BCUT2D eigenvalue weighted by Crippen LogP contribution is -2.45. The summed E-state index contributed by atoms with van der Waals surface area (Å²) in [7, 11) is 0. The van der Waals surface area contributed by atoms with Crippen LogP contribution >= 0.6 is 22.7 Å². The second-order valence-electron chi connectivity index (χ2n) is 16.3. The summed E-state index contributed by atoms with van der Waals surface area (Å²) in [4.78, 5) is 5.12. The van der Waals surface area contributed by atoms with Crippen molar-refractivity contribution in [3.8, 4) is 0 Å². The summed E-state index contributed by atoms with van der Waals surface area (Å²) < 4.78 is 5.28. The molecule has 3 aliphatic carbocycles. The lowest BCUT2D eigenvalue weighted by atomic mass is 9.54. The van der Waals surface area contributed by atoms with Crippen LogP contribution in [0.15, 0.2) is 182 Å². The minimum atomic E-state index is -0.292. The number of para-hydroxylation sites is 2. The van der Waals surface area contributed by atoms with Crippen molar-refractivity contribution in [3.05, 3.63) is 198 Å². The zero-order valence-electron chi connectivity index (χ0n) is 32.3. The van der Waals surface area contributed by atoms with E-state index in [4.69, 9.17) is 0 Å². The summed E-state index contributed by atoms with van der Waals surface area (Å²) in [5, 5.41) is 5.27. The van der Waals surface area contributed by atoms with Crippen LogP contribution < -0.4 is 9.80 Å². The van der Waals surface area contributed by atoms with E-state index >= 15 is 0 Å². The van der Waals surface area contributed by atoms with Crippen molar-refractivity contribution in [1.82, 2.24) is 0 Å². The zero-order chi connectivity index (χ0) is 38.5. The molecular formula is C54H40N2S2. The second kappa shape index (κ2) is 12.9. The molecule has 0 amide bonds. The zero-order valence-corrected chi connectivity index (χ0v) is 34.0. The van der Waals surface area contributed by atoms with Crippen LogP contribution in [0.1, 0.15) is 36.5 Å². The Balaban J connectivity index is 1.07. The summed E-state index contributed by atoms with van der Waals surface area (Å²) in [6.45, 7) is 4.94. The molecular weight excluding hydrogens is 741 g/mol. The number of rotatable bonds is 6. The molecule has 0 saturated carbocycles. The molecule has 0 saturated heterocycles. The van der Waals surface area contributed by atoms with Crippen molar-refractivity contribution in [3.63, 3.8) is 0 Å². The molecule has 4 atom stereocenters. The van der Waals surface area contributed by atoms with Gasteiger partial charge in [0.1, 0.15) is 0 Å². The molecule has 4 heteroatoms. The predicted molar refractivity (Wildman–Crippen MR) is 252 cm³/mol. The molecule has 0 aliphatic heterocycles. The molecule has 0 spiro atoms. The molecule has 0 bridgehead atoms. The molecule has 3 aliphatic rings. The summed E-state index contributed by atoms with van der Waals surface area (Å²) in [5.41, 5.74) is 11.2. The molecule has 4 unspecified atom stereocenters. The number of allylic oxidation sites excluding steroid dienone is 3. The van der Waals surface area contributed by atoms with Gasteiger partial charge in [-0.2, -0.15) is 0 Å². The van der Waals surface area contributed by atoms with E-state index in [1.165, 1.54) is 85.5 Å². The van der Waals surface area contributed by atoms with Gasteiger partial charge < -0.3 is 9.80 Å². The minimum absolute atomic E-state index is 0.244. The summed E-state index contributed by atoms with van der Waals surface area (Å²) in [6, 6.07) is 58.2. The lowest BCUT2D eigenvalue weighted by molar-refractivity contribution is 0.253. The van der Waals surface area contributed by atoms with Gasteiger partial charge in [0.25, 0.3) is 0 Å². The molecule has 2 aromatic heterocycles. The van der Waals surface area contributed by atoms with Crippen molar-refractivity contribution in [2.24, 2.45) is 17.3 Å². The fourth-order valence-corrected chi connectivity index (χ4v) is 12.9. The summed E-state index contributed by atoms with van der Waals surface area (Å²) in [6.07, 6.45) is 12.5. The van der Waals surface area contributed by atoms with E-state index < -0.39 is 0 Å². The predicted octanol–water partition coefficient (Wildman–Crippen LogP) is 16.0. The first-order chi connectivity index (χ1) is 28.6.